The van der Waals surface area contributed by atoms with E-state index in [1.165, 1.54) is 0 Å². The summed E-state index contributed by atoms with van der Waals surface area (Å²) in [5, 5.41) is 3.06. The third-order valence-electron chi connectivity index (χ3n) is 4.91. The van der Waals surface area contributed by atoms with Gasteiger partial charge >= 0.3 is 0 Å². The van der Waals surface area contributed by atoms with Gasteiger partial charge in [-0.15, -0.1) is 0 Å². The number of hydrogen-bond acceptors (Lipinski definition) is 4. The second kappa shape index (κ2) is 10.5. The number of hydrogen-bond donors (Lipinski definition) is 1. The lowest BCUT2D eigenvalue weighted by molar-refractivity contribution is -0.116. The molecular weight excluding hydrogens is 376 g/mol. The summed E-state index contributed by atoms with van der Waals surface area (Å²) < 4.78 is 10.6. The molecule has 156 valence electrons. The molecule has 1 amide bonds. The topological polar surface area (TPSA) is 50.8 Å². The van der Waals surface area contributed by atoms with Gasteiger partial charge in [0.15, 0.2) is 11.5 Å². The van der Waals surface area contributed by atoms with Crippen LogP contribution < -0.4 is 14.8 Å². The molecule has 3 rings (SSSR count). The van der Waals surface area contributed by atoms with Crippen LogP contribution in [-0.2, 0) is 11.3 Å². The van der Waals surface area contributed by atoms with Crippen molar-refractivity contribution in [3.8, 4) is 22.6 Å². The minimum absolute atomic E-state index is 0.00228. The normalized spacial score (nSPS) is 10.7. The van der Waals surface area contributed by atoms with Gasteiger partial charge in [-0.2, -0.15) is 0 Å². The third kappa shape index (κ3) is 5.61. The van der Waals surface area contributed by atoms with E-state index in [1.54, 1.807) is 14.2 Å². The van der Waals surface area contributed by atoms with E-state index < -0.39 is 0 Å². The van der Waals surface area contributed by atoms with E-state index >= 15 is 0 Å². The number of para-hydroxylation sites is 1. The number of amides is 1. The monoisotopic (exact) mass is 404 g/mol. The molecule has 0 saturated carbocycles. The number of benzene rings is 3. The Bertz CT molecular complexity index is 973. The predicted molar refractivity (Wildman–Crippen MR) is 121 cm³/mol. The van der Waals surface area contributed by atoms with Crippen LogP contribution >= 0.6 is 0 Å². The molecule has 0 radical (unpaired) electrons. The predicted octanol–water partition coefficient (Wildman–Crippen LogP) is 4.83. The Morgan fingerprint density at radius 3 is 2.33 bits per heavy atom. The first-order valence-electron chi connectivity index (χ1n) is 9.94. The highest BCUT2D eigenvalue weighted by Gasteiger charge is 2.11. The van der Waals surface area contributed by atoms with Gasteiger partial charge in [0.25, 0.3) is 0 Å². The highest BCUT2D eigenvalue weighted by Crippen LogP contribution is 2.29. The fourth-order valence-electron chi connectivity index (χ4n) is 3.34. The van der Waals surface area contributed by atoms with Crippen molar-refractivity contribution in [1.29, 1.82) is 0 Å². The van der Waals surface area contributed by atoms with E-state index in [9.17, 15) is 4.79 Å². The molecule has 0 spiro atoms. The first kappa shape index (κ1) is 21.4. The molecule has 1 N–H and O–H groups in total. The van der Waals surface area contributed by atoms with Crippen LogP contribution in [-0.4, -0.2) is 38.6 Å². The van der Waals surface area contributed by atoms with E-state index in [2.05, 4.69) is 10.2 Å². The van der Waals surface area contributed by atoms with Gasteiger partial charge < -0.3 is 19.7 Å². The van der Waals surface area contributed by atoms with Crippen molar-refractivity contribution < 1.29 is 14.3 Å². The standard InChI is InChI=1S/C25H28N2O3/c1-27(18-19-13-14-23(29-2)24(17-19)30-3)16-15-25(28)26-22-12-8-7-11-21(22)20-9-5-4-6-10-20/h4-14,17H,15-16,18H2,1-3H3,(H,26,28). The van der Waals surface area contributed by atoms with Crippen molar-refractivity contribution in [2.75, 3.05) is 33.1 Å². The molecule has 0 aliphatic rings. The summed E-state index contributed by atoms with van der Waals surface area (Å²) in [5.41, 5.74) is 4.03. The van der Waals surface area contributed by atoms with Gasteiger partial charge in [0.2, 0.25) is 5.91 Å². The average molecular weight is 405 g/mol. The van der Waals surface area contributed by atoms with Gasteiger partial charge in [-0.05, 0) is 36.4 Å². The van der Waals surface area contributed by atoms with Crippen molar-refractivity contribution in [3.63, 3.8) is 0 Å². The molecule has 5 heteroatoms. The second-order valence-electron chi connectivity index (χ2n) is 7.14. The van der Waals surface area contributed by atoms with Crippen molar-refractivity contribution in [2.45, 2.75) is 13.0 Å². The van der Waals surface area contributed by atoms with Crippen LogP contribution in [0.5, 0.6) is 11.5 Å². The minimum atomic E-state index is -0.00228. The minimum Gasteiger partial charge on any atom is -0.493 e. The lowest BCUT2D eigenvalue weighted by Gasteiger charge is -2.18. The molecule has 0 aromatic heterocycles. The van der Waals surface area contributed by atoms with Gasteiger partial charge in [-0.3, -0.25) is 4.79 Å². The van der Waals surface area contributed by atoms with Crippen LogP contribution in [0.25, 0.3) is 11.1 Å². The highest BCUT2D eigenvalue weighted by atomic mass is 16.5. The fraction of sp³-hybridized carbons (Fsp3) is 0.240. The maximum Gasteiger partial charge on any atom is 0.225 e. The van der Waals surface area contributed by atoms with Crippen LogP contribution in [0.3, 0.4) is 0 Å². The SMILES string of the molecule is COc1ccc(CN(C)CCC(=O)Nc2ccccc2-c2ccccc2)cc1OC. The summed E-state index contributed by atoms with van der Waals surface area (Å²) in [4.78, 5) is 14.7. The third-order valence-corrected chi connectivity index (χ3v) is 4.91. The number of carbonyl (C=O) groups excluding carboxylic acids is 1. The maximum atomic E-state index is 12.6. The lowest BCUT2D eigenvalue weighted by Crippen LogP contribution is -2.24. The van der Waals surface area contributed by atoms with Gasteiger partial charge in [0.05, 0.1) is 14.2 Å². The number of nitrogens with zero attached hydrogens (tertiary/aromatic N) is 1. The molecule has 0 unspecified atom stereocenters. The average Bonchev–Trinajstić information content (AvgIpc) is 2.78. The molecule has 30 heavy (non-hydrogen) atoms. The summed E-state index contributed by atoms with van der Waals surface area (Å²) in [5.74, 6) is 1.41. The highest BCUT2D eigenvalue weighted by molar-refractivity contribution is 5.95. The molecule has 3 aromatic carbocycles. The van der Waals surface area contributed by atoms with Gasteiger partial charge in [0, 0.05) is 30.8 Å². The summed E-state index contributed by atoms with van der Waals surface area (Å²) in [6.07, 6.45) is 0.410. The van der Waals surface area contributed by atoms with E-state index in [-0.39, 0.29) is 5.91 Å². The van der Waals surface area contributed by atoms with Crippen molar-refractivity contribution in [1.82, 2.24) is 4.90 Å². The Balaban J connectivity index is 1.57. The molecule has 0 heterocycles. The zero-order valence-corrected chi connectivity index (χ0v) is 17.7. The lowest BCUT2D eigenvalue weighted by atomic mass is 10.0. The zero-order chi connectivity index (χ0) is 21.3. The number of anilines is 1. The molecule has 0 atom stereocenters. The van der Waals surface area contributed by atoms with E-state index in [4.69, 9.17) is 9.47 Å². The maximum absolute atomic E-state index is 12.6. The molecule has 0 bridgehead atoms. The van der Waals surface area contributed by atoms with Crippen LogP contribution in [0.4, 0.5) is 5.69 Å². The summed E-state index contributed by atoms with van der Waals surface area (Å²) in [6, 6.07) is 23.8. The molecular formula is C25H28N2O3. The van der Waals surface area contributed by atoms with Crippen molar-refractivity contribution in [3.05, 3.63) is 78.4 Å². The Hall–Kier alpha value is -3.31. The van der Waals surface area contributed by atoms with Gasteiger partial charge in [0.1, 0.15) is 0 Å². The number of rotatable bonds is 9. The van der Waals surface area contributed by atoms with Crippen LogP contribution in [0.2, 0.25) is 0 Å². The van der Waals surface area contributed by atoms with E-state index in [0.29, 0.717) is 31.0 Å². The Labute approximate surface area is 178 Å². The van der Waals surface area contributed by atoms with Crippen LogP contribution in [0, 0.1) is 0 Å². The Morgan fingerprint density at radius 1 is 0.900 bits per heavy atom. The number of nitrogens with one attached hydrogen (secondary N) is 1. The number of carbonyl (C=O) groups is 1. The number of ether oxygens (including phenoxy) is 2. The molecule has 0 aliphatic carbocycles. The Morgan fingerprint density at radius 2 is 1.60 bits per heavy atom. The first-order valence-corrected chi connectivity index (χ1v) is 9.94. The fourth-order valence-corrected chi connectivity index (χ4v) is 3.34. The van der Waals surface area contributed by atoms with E-state index in [0.717, 1.165) is 22.4 Å². The molecule has 3 aromatic rings. The van der Waals surface area contributed by atoms with Crippen molar-refractivity contribution >= 4 is 11.6 Å². The van der Waals surface area contributed by atoms with Crippen LogP contribution in [0.15, 0.2) is 72.8 Å². The Kier molecular flexibility index (Phi) is 7.46. The molecule has 5 nitrogen and oxygen atoms in total. The summed E-state index contributed by atoms with van der Waals surface area (Å²) in [7, 11) is 5.25. The molecule has 0 saturated heterocycles. The smallest absolute Gasteiger partial charge is 0.225 e. The number of methoxy groups -OCH3 is 2. The quantitative estimate of drug-likeness (QED) is 0.555. The molecule has 0 fully saturated rings. The second-order valence-corrected chi connectivity index (χ2v) is 7.14. The molecule has 0 aliphatic heterocycles. The first-order chi connectivity index (χ1) is 14.6. The van der Waals surface area contributed by atoms with Crippen LogP contribution in [0.1, 0.15) is 12.0 Å². The summed E-state index contributed by atoms with van der Waals surface area (Å²) >= 11 is 0. The van der Waals surface area contributed by atoms with E-state index in [1.807, 2.05) is 79.8 Å². The largest absolute Gasteiger partial charge is 0.493 e. The zero-order valence-electron chi connectivity index (χ0n) is 17.7. The van der Waals surface area contributed by atoms with Gasteiger partial charge in [-0.1, -0.05) is 54.6 Å². The van der Waals surface area contributed by atoms with Crippen molar-refractivity contribution in [2.24, 2.45) is 0 Å². The van der Waals surface area contributed by atoms with Gasteiger partial charge in [-0.25, -0.2) is 0 Å². The summed E-state index contributed by atoms with van der Waals surface area (Å²) in [6.45, 7) is 1.36.